The predicted molar refractivity (Wildman–Crippen MR) is 89.3 cm³/mol. The third kappa shape index (κ3) is 3.29. The Morgan fingerprint density at radius 1 is 1.28 bits per heavy atom. The highest BCUT2D eigenvalue weighted by molar-refractivity contribution is 7.15. The van der Waals surface area contributed by atoms with Crippen LogP contribution in [0.4, 0.5) is 0 Å². The molecule has 1 aliphatic rings. The fraction of sp³-hybridized carbons (Fsp3) is 0.176. The SMILES string of the molecule is O=C(O)c1cnc(Oc2ccc3c(c2)CCC(c2cnccn2)O3)s1. The predicted octanol–water partition coefficient (Wildman–Crippen LogP) is 3.49. The fourth-order valence-corrected chi connectivity index (χ4v) is 3.24. The minimum absolute atomic E-state index is 0.106. The molecule has 1 atom stereocenters. The van der Waals surface area contributed by atoms with E-state index in [0.29, 0.717) is 10.9 Å². The number of fused-ring (bicyclic) bond motifs is 1. The summed E-state index contributed by atoms with van der Waals surface area (Å²) in [4.78, 5) is 23.4. The Morgan fingerprint density at radius 2 is 2.20 bits per heavy atom. The van der Waals surface area contributed by atoms with E-state index in [2.05, 4.69) is 15.0 Å². The molecule has 25 heavy (non-hydrogen) atoms. The van der Waals surface area contributed by atoms with Crippen molar-refractivity contribution in [3.63, 3.8) is 0 Å². The van der Waals surface area contributed by atoms with Crippen molar-refractivity contribution in [1.29, 1.82) is 0 Å². The van der Waals surface area contributed by atoms with Crippen LogP contribution in [0.2, 0.25) is 0 Å². The number of aromatic nitrogens is 3. The third-order valence-corrected chi connectivity index (χ3v) is 4.65. The van der Waals surface area contributed by atoms with Gasteiger partial charge in [-0.3, -0.25) is 9.97 Å². The molecule has 0 radical (unpaired) electrons. The number of thiazole rings is 1. The largest absolute Gasteiger partial charge is 0.484 e. The number of carboxylic acid groups (broad SMARTS) is 1. The molecular weight excluding hydrogens is 342 g/mol. The van der Waals surface area contributed by atoms with Gasteiger partial charge in [-0.05, 0) is 36.6 Å². The smallest absolute Gasteiger partial charge is 0.347 e. The number of ether oxygens (including phenoxy) is 2. The molecule has 0 saturated heterocycles. The van der Waals surface area contributed by atoms with Crippen LogP contribution >= 0.6 is 11.3 Å². The van der Waals surface area contributed by atoms with Crippen molar-refractivity contribution in [2.24, 2.45) is 0 Å². The fourth-order valence-electron chi connectivity index (χ4n) is 2.62. The second-order valence-corrected chi connectivity index (χ2v) is 6.44. The minimum Gasteiger partial charge on any atom is -0.484 e. The van der Waals surface area contributed by atoms with E-state index in [1.54, 1.807) is 24.7 Å². The zero-order valence-electron chi connectivity index (χ0n) is 13.0. The molecule has 7 nitrogen and oxygen atoms in total. The standard InChI is InChI=1S/C17H13N3O4S/c21-16(22)15-9-20-17(25-15)23-11-2-4-13-10(7-11)1-3-14(24-13)12-8-18-5-6-19-12/h2,4-9,14H,1,3H2,(H,21,22). The van der Waals surface area contributed by atoms with Gasteiger partial charge in [-0.15, -0.1) is 0 Å². The topological polar surface area (TPSA) is 94.4 Å². The summed E-state index contributed by atoms with van der Waals surface area (Å²) in [5, 5.41) is 9.23. The molecule has 3 heterocycles. The number of hydrogen-bond donors (Lipinski definition) is 1. The zero-order chi connectivity index (χ0) is 17.2. The van der Waals surface area contributed by atoms with Crippen LogP contribution in [0.3, 0.4) is 0 Å². The molecule has 126 valence electrons. The van der Waals surface area contributed by atoms with Crippen LogP contribution in [0, 0.1) is 0 Å². The van der Waals surface area contributed by atoms with Crippen molar-refractivity contribution in [2.75, 3.05) is 0 Å². The van der Waals surface area contributed by atoms with Gasteiger partial charge in [0.1, 0.15) is 22.5 Å². The average molecular weight is 355 g/mol. The van der Waals surface area contributed by atoms with Crippen molar-refractivity contribution in [1.82, 2.24) is 15.0 Å². The lowest BCUT2D eigenvalue weighted by atomic mass is 10.0. The summed E-state index contributed by atoms with van der Waals surface area (Å²) >= 11 is 0.992. The molecule has 0 spiro atoms. The van der Waals surface area contributed by atoms with Crippen molar-refractivity contribution in [2.45, 2.75) is 18.9 Å². The summed E-state index contributed by atoms with van der Waals surface area (Å²) in [7, 11) is 0. The number of carboxylic acids is 1. The van der Waals surface area contributed by atoms with E-state index in [-0.39, 0.29) is 11.0 Å². The maximum absolute atomic E-state index is 10.9. The minimum atomic E-state index is -1.01. The molecule has 1 N–H and O–H groups in total. The Bertz CT molecular complexity index is 913. The number of benzene rings is 1. The van der Waals surface area contributed by atoms with Crippen LogP contribution in [0.25, 0.3) is 0 Å². The number of hydrogen-bond acceptors (Lipinski definition) is 7. The Morgan fingerprint density at radius 3 is 2.96 bits per heavy atom. The van der Waals surface area contributed by atoms with Gasteiger partial charge in [-0.2, -0.15) is 0 Å². The van der Waals surface area contributed by atoms with Gasteiger partial charge < -0.3 is 14.6 Å². The molecule has 4 rings (SSSR count). The molecule has 1 unspecified atom stereocenters. The Labute approximate surface area is 146 Å². The Hall–Kier alpha value is -3.00. The van der Waals surface area contributed by atoms with Crippen LogP contribution in [0.15, 0.2) is 43.0 Å². The number of rotatable bonds is 4. The number of carbonyl (C=O) groups is 1. The van der Waals surface area contributed by atoms with Crippen LogP contribution in [0.5, 0.6) is 16.7 Å². The van der Waals surface area contributed by atoms with Crippen molar-refractivity contribution in [3.05, 3.63) is 59.1 Å². The van der Waals surface area contributed by atoms with Gasteiger partial charge in [0.25, 0.3) is 5.19 Å². The molecular formula is C17H13N3O4S. The van der Waals surface area contributed by atoms with Gasteiger partial charge in [0.05, 0.1) is 18.1 Å². The number of aryl methyl sites for hydroxylation is 1. The van der Waals surface area contributed by atoms with Gasteiger partial charge in [0.15, 0.2) is 0 Å². The van der Waals surface area contributed by atoms with Crippen LogP contribution in [-0.2, 0) is 6.42 Å². The first-order chi connectivity index (χ1) is 12.2. The van der Waals surface area contributed by atoms with Crippen molar-refractivity contribution < 1.29 is 19.4 Å². The normalized spacial score (nSPS) is 15.9. The van der Waals surface area contributed by atoms with E-state index in [9.17, 15) is 4.79 Å². The molecule has 0 fully saturated rings. The lowest BCUT2D eigenvalue weighted by Gasteiger charge is -2.25. The Kier molecular flexibility index (Phi) is 4.02. The van der Waals surface area contributed by atoms with E-state index in [1.165, 1.54) is 6.20 Å². The van der Waals surface area contributed by atoms with E-state index in [1.807, 2.05) is 12.1 Å². The van der Waals surface area contributed by atoms with Gasteiger partial charge in [-0.1, -0.05) is 11.3 Å². The van der Waals surface area contributed by atoms with Crippen molar-refractivity contribution >= 4 is 17.3 Å². The van der Waals surface area contributed by atoms with E-state index in [0.717, 1.165) is 41.2 Å². The molecule has 0 amide bonds. The summed E-state index contributed by atoms with van der Waals surface area (Å²) in [5.74, 6) is 0.382. The van der Waals surface area contributed by atoms with Gasteiger partial charge in [-0.25, -0.2) is 9.78 Å². The average Bonchev–Trinajstić information content (AvgIpc) is 3.11. The molecule has 8 heteroatoms. The summed E-state index contributed by atoms with van der Waals surface area (Å²) in [6.45, 7) is 0. The van der Waals surface area contributed by atoms with Crippen LogP contribution < -0.4 is 9.47 Å². The van der Waals surface area contributed by atoms with Gasteiger partial charge in [0, 0.05) is 12.4 Å². The zero-order valence-corrected chi connectivity index (χ0v) is 13.8. The molecule has 0 aliphatic carbocycles. The molecule has 3 aromatic rings. The summed E-state index contributed by atoms with van der Waals surface area (Å²) < 4.78 is 11.7. The van der Waals surface area contributed by atoms with E-state index < -0.39 is 5.97 Å². The second-order valence-electron chi connectivity index (χ2n) is 5.44. The summed E-state index contributed by atoms with van der Waals surface area (Å²) in [6.07, 6.45) is 7.82. The monoisotopic (exact) mass is 355 g/mol. The van der Waals surface area contributed by atoms with E-state index in [4.69, 9.17) is 14.6 Å². The third-order valence-electron chi connectivity index (χ3n) is 3.79. The lowest BCUT2D eigenvalue weighted by Crippen LogP contribution is -2.16. The highest BCUT2D eigenvalue weighted by atomic mass is 32.1. The highest BCUT2D eigenvalue weighted by Gasteiger charge is 2.23. The molecule has 0 bridgehead atoms. The first-order valence-corrected chi connectivity index (χ1v) is 8.43. The lowest BCUT2D eigenvalue weighted by molar-refractivity contribution is 0.0702. The number of nitrogens with zero attached hydrogens (tertiary/aromatic N) is 3. The first-order valence-electron chi connectivity index (χ1n) is 7.61. The molecule has 1 aliphatic heterocycles. The van der Waals surface area contributed by atoms with Crippen molar-refractivity contribution in [3.8, 4) is 16.7 Å². The maximum atomic E-state index is 10.9. The molecule has 1 aromatic carbocycles. The van der Waals surface area contributed by atoms with Gasteiger partial charge in [0.2, 0.25) is 0 Å². The highest BCUT2D eigenvalue weighted by Crippen LogP contribution is 2.37. The second kappa shape index (κ2) is 6.48. The quantitative estimate of drug-likeness (QED) is 0.765. The summed E-state index contributed by atoms with van der Waals surface area (Å²) in [5.41, 5.74) is 1.85. The van der Waals surface area contributed by atoms with Crippen LogP contribution in [0.1, 0.15) is 33.5 Å². The van der Waals surface area contributed by atoms with Gasteiger partial charge >= 0.3 is 5.97 Å². The molecule has 2 aromatic heterocycles. The van der Waals surface area contributed by atoms with E-state index >= 15 is 0 Å². The number of aromatic carboxylic acids is 1. The molecule has 0 saturated carbocycles. The van der Waals surface area contributed by atoms with Crippen LogP contribution in [-0.4, -0.2) is 26.0 Å². The first kappa shape index (κ1) is 15.5. The summed E-state index contributed by atoms with van der Waals surface area (Å²) in [6, 6.07) is 5.52. The maximum Gasteiger partial charge on any atom is 0.347 e. The Balaban J connectivity index is 1.50.